The van der Waals surface area contributed by atoms with Crippen LogP contribution in [-0.2, 0) is 54.5 Å². The van der Waals surface area contributed by atoms with Crippen LogP contribution in [0.25, 0.3) is 11.2 Å². The third-order valence-corrected chi connectivity index (χ3v) is 11.5. The van der Waals surface area contributed by atoms with Gasteiger partial charge in [0.05, 0.1) is 24.5 Å². The van der Waals surface area contributed by atoms with Crippen LogP contribution in [0.2, 0.25) is 0 Å². The van der Waals surface area contributed by atoms with Gasteiger partial charge in [0, 0.05) is 37.1 Å². The minimum Gasteiger partial charge on any atom is -0.453 e. The lowest BCUT2D eigenvalue weighted by Gasteiger charge is -2.23. The van der Waals surface area contributed by atoms with Crippen LogP contribution in [-0.4, -0.2) is 115 Å². The molecule has 9 N–H and O–H groups in total. The number of ether oxygens (including phenoxy) is 3. The Labute approximate surface area is 354 Å². The molecule has 336 valence electrons. The highest BCUT2D eigenvalue weighted by Crippen LogP contribution is 2.50. The summed E-state index contributed by atoms with van der Waals surface area (Å²) < 4.78 is 59.4. The van der Waals surface area contributed by atoms with Gasteiger partial charge in [-0.05, 0) is 17.2 Å². The van der Waals surface area contributed by atoms with Crippen molar-refractivity contribution in [3.8, 4) is 0 Å². The van der Waals surface area contributed by atoms with E-state index in [-0.39, 0.29) is 47.7 Å². The molecule has 3 aromatic heterocycles. The first-order valence-electron chi connectivity index (χ1n) is 18.7. The summed E-state index contributed by atoms with van der Waals surface area (Å²) in [6, 6.07) is 14.2. The van der Waals surface area contributed by atoms with Crippen LogP contribution < -0.4 is 17.2 Å². The Bertz CT molecular complexity index is 2630. The van der Waals surface area contributed by atoms with Crippen molar-refractivity contribution in [1.82, 2.24) is 29.1 Å². The van der Waals surface area contributed by atoms with Crippen molar-refractivity contribution >= 4 is 50.1 Å². The lowest BCUT2D eigenvalue weighted by molar-refractivity contribution is -0.385. The zero-order valence-electron chi connectivity index (χ0n) is 32.4. The molecule has 0 amide bonds. The molecule has 63 heavy (non-hydrogen) atoms. The molecule has 7 rings (SSSR count). The van der Waals surface area contributed by atoms with Crippen molar-refractivity contribution in [3.63, 3.8) is 0 Å². The summed E-state index contributed by atoms with van der Waals surface area (Å²) in [6.07, 6.45) is -9.16. The van der Waals surface area contributed by atoms with Gasteiger partial charge in [0.15, 0.2) is 29.9 Å². The van der Waals surface area contributed by atoms with Crippen LogP contribution in [0, 0.1) is 10.1 Å². The zero-order chi connectivity index (χ0) is 45.2. The number of fused-ring (bicyclic) bond motifs is 1. The molecule has 2 saturated heterocycles. The van der Waals surface area contributed by atoms with E-state index in [9.17, 15) is 53.7 Å². The number of imidazole rings is 1. The van der Waals surface area contributed by atoms with Crippen LogP contribution >= 0.6 is 15.6 Å². The molecule has 1 unspecified atom stereocenters. The number of esters is 1. The predicted molar refractivity (Wildman–Crippen MR) is 212 cm³/mol. The predicted octanol–water partition coefficient (Wildman–Crippen LogP) is 0.419. The number of nitrogens with two attached hydrogens (primary N) is 2. The third-order valence-electron chi connectivity index (χ3n) is 9.95. The Kier molecular flexibility index (Phi) is 13.4. The van der Waals surface area contributed by atoms with Gasteiger partial charge in [-0.1, -0.05) is 42.5 Å². The summed E-state index contributed by atoms with van der Waals surface area (Å²) in [5, 5.41) is 33.9. The van der Waals surface area contributed by atoms with Crippen LogP contribution in [0.3, 0.4) is 0 Å². The Morgan fingerprint density at radius 2 is 1.68 bits per heavy atom. The number of carbonyl (C=O) groups excluding carboxylic acids is 1. The molecular formula is C35H39N9O17P2. The van der Waals surface area contributed by atoms with Crippen molar-refractivity contribution in [2.75, 3.05) is 24.7 Å². The molecule has 0 radical (unpaired) electrons. The fourth-order valence-corrected chi connectivity index (χ4v) is 8.25. The largest absolute Gasteiger partial charge is 0.472 e. The Hall–Kier alpha value is -5.60. The maximum atomic E-state index is 13.4. The highest BCUT2D eigenvalue weighted by atomic mass is 31.2. The van der Waals surface area contributed by atoms with Gasteiger partial charge in [0.2, 0.25) is 0 Å². The standard InChI is InChI=1S/C35H39N9O17P2/c36-26-9-10-42(35(48)41-26)27-13-23(24(58-27)14-56-62(51,52)53)61-63(54,55)57-15-25-29(46)30(33(59-25)43-17-40-28-31(37)38-16-39-32(28)43)60-34(47)22(45)12-19-7-5-18(6-8-19)11-20-3-1-2-4-21(20)44(49)50/h1-10,16-17,22-25,27,29-30,33,45-46H,11-15H2,(H,54,55)(H2,36,41,48)(H2,37,38,39)(H2,51,52,53)/t22-,23-,24+,25+,27+,29+,30+,33+/m0/s1. The number of rotatable bonds is 17. The van der Waals surface area contributed by atoms with Gasteiger partial charge in [0.1, 0.15) is 48.3 Å². The molecule has 0 spiro atoms. The van der Waals surface area contributed by atoms with E-state index >= 15 is 0 Å². The minimum absolute atomic E-state index is 0.0207. The van der Waals surface area contributed by atoms with Crippen LogP contribution in [0.15, 0.2) is 78.2 Å². The van der Waals surface area contributed by atoms with Crippen LogP contribution in [0.4, 0.5) is 17.3 Å². The molecule has 0 aliphatic carbocycles. The van der Waals surface area contributed by atoms with Gasteiger partial charge in [0.25, 0.3) is 5.69 Å². The van der Waals surface area contributed by atoms with E-state index in [1.54, 1.807) is 42.5 Å². The molecule has 5 heterocycles. The van der Waals surface area contributed by atoms with E-state index in [0.29, 0.717) is 11.1 Å². The molecule has 26 nitrogen and oxygen atoms in total. The number of anilines is 2. The van der Waals surface area contributed by atoms with Crippen LogP contribution in [0.1, 0.15) is 35.6 Å². The first-order chi connectivity index (χ1) is 29.9. The number of nitrogens with zero attached hydrogens (tertiary/aromatic N) is 7. The number of hydrogen-bond acceptors (Lipinski definition) is 20. The number of benzene rings is 2. The molecule has 2 fully saturated rings. The number of hydrogen-bond donors (Lipinski definition) is 7. The van der Waals surface area contributed by atoms with E-state index in [1.807, 2.05) is 0 Å². The van der Waals surface area contributed by atoms with Crippen molar-refractivity contribution < 1.29 is 71.5 Å². The third kappa shape index (κ3) is 10.8. The monoisotopic (exact) mass is 919 g/mol. The Morgan fingerprint density at radius 1 is 0.968 bits per heavy atom. The fraction of sp³-hybridized carbons (Fsp3) is 0.371. The average molecular weight is 920 g/mol. The summed E-state index contributed by atoms with van der Waals surface area (Å²) in [5.41, 5.74) is 12.5. The molecule has 2 aromatic carbocycles. The number of carbonyl (C=O) groups is 1. The maximum absolute atomic E-state index is 13.4. The summed E-state index contributed by atoms with van der Waals surface area (Å²) in [4.78, 5) is 82.0. The maximum Gasteiger partial charge on any atom is 0.472 e. The number of nitrogen functional groups attached to an aromatic ring is 2. The topological polar surface area (TPSA) is 381 Å². The lowest BCUT2D eigenvalue weighted by Crippen LogP contribution is -2.40. The second-order valence-corrected chi connectivity index (χ2v) is 16.9. The summed E-state index contributed by atoms with van der Waals surface area (Å²) in [5.74, 6) is -1.32. The lowest BCUT2D eigenvalue weighted by atomic mass is 10.0. The molecule has 28 heteroatoms. The van der Waals surface area contributed by atoms with E-state index < -0.39 is 94.5 Å². The minimum atomic E-state index is -5.20. The number of nitro benzene ring substituents is 1. The summed E-state index contributed by atoms with van der Waals surface area (Å²) in [6.45, 7) is -1.75. The molecule has 9 atom stereocenters. The van der Waals surface area contributed by atoms with E-state index in [1.165, 1.54) is 29.2 Å². The highest BCUT2D eigenvalue weighted by molar-refractivity contribution is 7.47. The number of phosphoric ester groups is 2. The molecule has 2 aliphatic rings. The number of nitro groups is 1. The number of aliphatic hydroxyl groups excluding tert-OH is 2. The number of phosphoric acid groups is 2. The summed E-state index contributed by atoms with van der Waals surface area (Å²) in [7, 11) is -10.3. The number of aromatic nitrogens is 6. The highest BCUT2D eigenvalue weighted by Gasteiger charge is 2.50. The number of para-hydroxylation sites is 1. The van der Waals surface area contributed by atoms with Gasteiger partial charge >= 0.3 is 27.3 Å². The second kappa shape index (κ2) is 18.6. The van der Waals surface area contributed by atoms with Crippen molar-refractivity contribution in [3.05, 3.63) is 111 Å². The smallest absolute Gasteiger partial charge is 0.453 e. The van der Waals surface area contributed by atoms with Crippen molar-refractivity contribution in [1.29, 1.82) is 0 Å². The zero-order valence-corrected chi connectivity index (χ0v) is 34.2. The first kappa shape index (κ1) is 45.4. The van der Waals surface area contributed by atoms with E-state index in [4.69, 9.17) is 34.7 Å². The molecule has 0 bridgehead atoms. The van der Waals surface area contributed by atoms with E-state index in [0.717, 1.165) is 16.5 Å². The fourth-order valence-electron chi connectivity index (χ4n) is 6.95. The average Bonchev–Trinajstić information content (AvgIpc) is 3.92. The Balaban J connectivity index is 1.04. The molecule has 5 aromatic rings. The van der Waals surface area contributed by atoms with Crippen molar-refractivity contribution in [2.24, 2.45) is 0 Å². The van der Waals surface area contributed by atoms with Gasteiger partial charge in [-0.3, -0.25) is 32.8 Å². The van der Waals surface area contributed by atoms with Gasteiger partial charge < -0.3 is 50.6 Å². The van der Waals surface area contributed by atoms with Crippen LogP contribution in [0.5, 0.6) is 0 Å². The Morgan fingerprint density at radius 3 is 2.40 bits per heavy atom. The van der Waals surface area contributed by atoms with Crippen molar-refractivity contribution in [2.45, 2.75) is 68.3 Å². The molecular weight excluding hydrogens is 880 g/mol. The second-order valence-electron chi connectivity index (χ2n) is 14.2. The summed E-state index contributed by atoms with van der Waals surface area (Å²) >= 11 is 0. The normalized spacial score (nSPS) is 24.0. The first-order valence-corrected chi connectivity index (χ1v) is 21.7. The molecule has 2 aliphatic heterocycles. The van der Waals surface area contributed by atoms with E-state index in [2.05, 4.69) is 24.5 Å². The quantitative estimate of drug-likeness (QED) is 0.0287. The van der Waals surface area contributed by atoms with Gasteiger partial charge in [-0.15, -0.1) is 0 Å². The SMILES string of the molecule is Nc1ccn([C@H]2C[C@H](OP(=O)(O)OC[C@H]3O[C@@H](n4cnc5c(N)ncnc54)[C@H](OC(=O)[C@@H](O)Cc4ccc(Cc5ccccc5[N+](=O)[O-])cc4)[C@@H]3O)[C@@H](COP(=O)(O)O)O2)c(=O)n1. The number of aliphatic hydroxyl groups is 2. The van der Waals surface area contributed by atoms with Gasteiger partial charge in [-0.2, -0.15) is 4.98 Å². The molecule has 0 saturated carbocycles. The van der Waals surface area contributed by atoms with Gasteiger partial charge in [-0.25, -0.2) is 33.7 Å².